The lowest BCUT2D eigenvalue weighted by molar-refractivity contribution is 0.269. The van der Waals surface area contributed by atoms with Crippen LogP contribution in [0.2, 0.25) is 10.0 Å². The van der Waals surface area contributed by atoms with Crippen molar-refractivity contribution in [3.05, 3.63) is 26.1 Å². The van der Waals surface area contributed by atoms with Gasteiger partial charge in [-0.1, -0.05) is 23.2 Å². The minimum absolute atomic E-state index is 0.0961. The van der Waals surface area contributed by atoms with E-state index in [1.165, 1.54) is 0 Å². The maximum atomic E-state index is 6.11. The first kappa shape index (κ1) is 10.6. The number of benzene rings is 1. The molecule has 1 aromatic carbocycles. The molecular weight excluding hydrogens is 289 g/mol. The van der Waals surface area contributed by atoms with Crippen LogP contribution in [-0.4, -0.2) is 6.61 Å². The molecule has 1 aliphatic rings. The third-order valence-corrected chi connectivity index (χ3v) is 3.75. The van der Waals surface area contributed by atoms with Gasteiger partial charge in [-0.2, -0.15) is 0 Å². The minimum Gasteiger partial charge on any atom is -0.492 e. The Morgan fingerprint density at radius 1 is 1.50 bits per heavy atom. The molecule has 0 fully saturated rings. The van der Waals surface area contributed by atoms with Crippen molar-refractivity contribution in [2.45, 2.75) is 12.5 Å². The van der Waals surface area contributed by atoms with Crippen LogP contribution in [0.3, 0.4) is 0 Å². The summed E-state index contributed by atoms with van der Waals surface area (Å²) in [4.78, 5) is 0. The summed E-state index contributed by atoms with van der Waals surface area (Å²) >= 11 is 15.5. The van der Waals surface area contributed by atoms with Crippen molar-refractivity contribution >= 4 is 39.1 Å². The molecule has 0 spiro atoms. The smallest absolute Gasteiger partial charge is 0.144 e. The highest BCUT2D eigenvalue weighted by Gasteiger charge is 2.25. The van der Waals surface area contributed by atoms with Gasteiger partial charge in [-0.15, -0.1) is 0 Å². The Morgan fingerprint density at radius 2 is 2.21 bits per heavy atom. The maximum absolute atomic E-state index is 6.11. The lowest BCUT2D eigenvalue weighted by Gasteiger charge is -2.25. The predicted molar refractivity (Wildman–Crippen MR) is 61.2 cm³/mol. The summed E-state index contributed by atoms with van der Waals surface area (Å²) < 4.78 is 6.20. The largest absolute Gasteiger partial charge is 0.492 e. The van der Waals surface area contributed by atoms with E-state index in [4.69, 9.17) is 33.7 Å². The zero-order valence-electron chi connectivity index (χ0n) is 7.19. The Kier molecular flexibility index (Phi) is 2.93. The number of rotatable bonds is 0. The van der Waals surface area contributed by atoms with E-state index >= 15 is 0 Å². The van der Waals surface area contributed by atoms with Crippen LogP contribution in [0.25, 0.3) is 0 Å². The molecule has 2 rings (SSSR count). The second-order valence-corrected chi connectivity index (χ2v) is 4.78. The van der Waals surface area contributed by atoms with Gasteiger partial charge in [-0.25, -0.2) is 0 Å². The molecule has 76 valence electrons. The first-order chi connectivity index (χ1) is 6.61. The highest BCUT2D eigenvalue weighted by Crippen LogP contribution is 2.44. The van der Waals surface area contributed by atoms with Gasteiger partial charge in [0.25, 0.3) is 0 Å². The molecule has 0 aliphatic carbocycles. The number of ether oxygens (including phenoxy) is 1. The molecule has 1 atom stereocenters. The van der Waals surface area contributed by atoms with Crippen molar-refractivity contribution in [3.63, 3.8) is 0 Å². The molecule has 0 saturated heterocycles. The summed E-state index contributed by atoms with van der Waals surface area (Å²) in [5.74, 6) is 0.624. The normalized spacial score (nSPS) is 20.1. The summed E-state index contributed by atoms with van der Waals surface area (Å²) in [5.41, 5.74) is 6.74. The lowest BCUT2D eigenvalue weighted by Crippen LogP contribution is -2.21. The van der Waals surface area contributed by atoms with Crippen LogP contribution in [0.5, 0.6) is 5.75 Å². The molecule has 0 aromatic heterocycles. The van der Waals surface area contributed by atoms with Crippen LogP contribution >= 0.6 is 39.1 Å². The molecular formula is C9H8BrCl2NO. The average Bonchev–Trinajstić information content (AvgIpc) is 2.14. The van der Waals surface area contributed by atoms with Crippen molar-refractivity contribution < 1.29 is 4.74 Å². The number of halogens is 3. The lowest BCUT2D eigenvalue weighted by atomic mass is 10.0. The van der Waals surface area contributed by atoms with Crippen molar-refractivity contribution in [1.29, 1.82) is 0 Å². The quantitative estimate of drug-likeness (QED) is 0.743. The Morgan fingerprint density at radius 3 is 2.93 bits per heavy atom. The van der Waals surface area contributed by atoms with E-state index in [0.717, 1.165) is 16.5 Å². The summed E-state index contributed by atoms with van der Waals surface area (Å²) in [7, 11) is 0. The monoisotopic (exact) mass is 295 g/mol. The first-order valence-electron chi connectivity index (χ1n) is 4.17. The van der Waals surface area contributed by atoms with E-state index in [2.05, 4.69) is 15.9 Å². The third-order valence-electron chi connectivity index (χ3n) is 2.21. The summed E-state index contributed by atoms with van der Waals surface area (Å²) in [6.45, 7) is 0.589. The molecule has 2 nitrogen and oxygen atoms in total. The van der Waals surface area contributed by atoms with Crippen LogP contribution in [0.4, 0.5) is 0 Å². The fourth-order valence-electron chi connectivity index (χ4n) is 1.51. The Balaban J connectivity index is 2.67. The molecule has 0 bridgehead atoms. The van der Waals surface area contributed by atoms with Crippen LogP contribution in [0.15, 0.2) is 10.5 Å². The van der Waals surface area contributed by atoms with Gasteiger partial charge < -0.3 is 10.5 Å². The van der Waals surface area contributed by atoms with Crippen molar-refractivity contribution in [1.82, 2.24) is 0 Å². The van der Waals surface area contributed by atoms with E-state index in [-0.39, 0.29) is 6.04 Å². The molecule has 1 heterocycles. The highest BCUT2D eigenvalue weighted by molar-refractivity contribution is 9.10. The molecule has 5 heteroatoms. The van der Waals surface area contributed by atoms with E-state index in [9.17, 15) is 0 Å². The van der Waals surface area contributed by atoms with Crippen LogP contribution in [-0.2, 0) is 0 Å². The van der Waals surface area contributed by atoms with Gasteiger partial charge in [0.15, 0.2) is 0 Å². The second-order valence-electron chi connectivity index (χ2n) is 3.14. The van der Waals surface area contributed by atoms with Crippen LogP contribution < -0.4 is 10.5 Å². The van der Waals surface area contributed by atoms with Gasteiger partial charge in [0.1, 0.15) is 5.75 Å². The minimum atomic E-state index is -0.0961. The van der Waals surface area contributed by atoms with Crippen LogP contribution in [0.1, 0.15) is 18.0 Å². The number of fused-ring (bicyclic) bond motifs is 1. The van der Waals surface area contributed by atoms with Gasteiger partial charge in [-0.3, -0.25) is 0 Å². The highest BCUT2D eigenvalue weighted by atomic mass is 79.9. The van der Waals surface area contributed by atoms with Gasteiger partial charge in [0.05, 0.1) is 16.7 Å². The molecule has 0 radical (unpaired) electrons. The first-order valence-corrected chi connectivity index (χ1v) is 5.72. The van der Waals surface area contributed by atoms with Gasteiger partial charge in [0, 0.05) is 22.5 Å². The standard InChI is InChI=1S/C9H8BrCl2NO/c10-4-3-5(11)9-7(8(4)12)6(13)1-2-14-9/h3,6H,1-2,13H2. The zero-order chi connectivity index (χ0) is 10.3. The van der Waals surface area contributed by atoms with Crippen molar-refractivity contribution in [2.24, 2.45) is 5.73 Å². The topological polar surface area (TPSA) is 35.2 Å². The molecule has 1 unspecified atom stereocenters. The van der Waals surface area contributed by atoms with Gasteiger partial charge >= 0.3 is 0 Å². The fraction of sp³-hybridized carbons (Fsp3) is 0.333. The molecule has 0 saturated carbocycles. The summed E-state index contributed by atoms with van der Waals surface area (Å²) in [5, 5.41) is 1.14. The average molecular weight is 297 g/mol. The predicted octanol–water partition coefficient (Wildman–Crippen LogP) is 3.54. The number of hydrogen-bond donors (Lipinski definition) is 1. The summed E-state index contributed by atoms with van der Waals surface area (Å²) in [6.07, 6.45) is 0.763. The second kappa shape index (κ2) is 3.89. The van der Waals surface area contributed by atoms with Crippen molar-refractivity contribution in [3.8, 4) is 5.75 Å². The SMILES string of the molecule is NC1CCOc2c(Cl)cc(Br)c(Cl)c21. The molecule has 1 aromatic rings. The molecule has 1 aliphatic heterocycles. The molecule has 14 heavy (non-hydrogen) atoms. The Labute approximate surface area is 100 Å². The van der Waals surface area contributed by atoms with E-state index in [0.29, 0.717) is 22.4 Å². The van der Waals surface area contributed by atoms with Gasteiger partial charge in [-0.05, 0) is 22.0 Å². The van der Waals surface area contributed by atoms with Gasteiger partial charge in [0.2, 0.25) is 0 Å². The zero-order valence-corrected chi connectivity index (χ0v) is 10.3. The van der Waals surface area contributed by atoms with E-state index in [1.807, 2.05) is 0 Å². The fourth-order valence-corrected chi connectivity index (χ4v) is 2.63. The molecule has 2 N–H and O–H groups in total. The molecule has 0 amide bonds. The van der Waals surface area contributed by atoms with Crippen molar-refractivity contribution in [2.75, 3.05) is 6.61 Å². The van der Waals surface area contributed by atoms with E-state index < -0.39 is 0 Å². The summed E-state index contributed by atoms with van der Waals surface area (Å²) in [6, 6.07) is 1.63. The van der Waals surface area contributed by atoms with Crippen LogP contribution in [0, 0.1) is 0 Å². The number of nitrogens with two attached hydrogens (primary N) is 1. The Hall–Kier alpha value is 0.0400. The number of hydrogen-bond acceptors (Lipinski definition) is 2. The Bertz CT molecular complexity index is 384. The third kappa shape index (κ3) is 1.63. The van der Waals surface area contributed by atoms with E-state index in [1.54, 1.807) is 6.07 Å². The maximum Gasteiger partial charge on any atom is 0.144 e.